The number of ether oxygens (including phenoxy) is 2. The van der Waals surface area contributed by atoms with Crippen LogP contribution in [0.5, 0.6) is 11.5 Å². The molecule has 2 atom stereocenters. The molecule has 0 aliphatic carbocycles. The number of carbonyl (C=O) groups is 2. The first kappa shape index (κ1) is 15.2. The van der Waals surface area contributed by atoms with Crippen molar-refractivity contribution in [3.05, 3.63) is 23.8 Å². The minimum absolute atomic E-state index is 0.0169. The molecule has 0 aromatic heterocycles. The Hall–Kier alpha value is -2.24. The summed E-state index contributed by atoms with van der Waals surface area (Å²) in [6.07, 6.45) is 0.0169. The predicted molar refractivity (Wildman–Crippen MR) is 75.4 cm³/mol. The lowest BCUT2D eigenvalue weighted by Crippen LogP contribution is -2.30. The minimum atomic E-state index is -0.970. The second-order valence-electron chi connectivity index (χ2n) is 4.88. The van der Waals surface area contributed by atoms with Crippen molar-refractivity contribution in [2.45, 2.75) is 19.4 Å². The summed E-state index contributed by atoms with van der Waals surface area (Å²) in [6.45, 7) is 2.30. The van der Waals surface area contributed by atoms with Crippen LogP contribution in [-0.2, 0) is 9.59 Å². The van der Waals surface area contributed by atoms with Crippen LogP contribution in [0.25, 0.3) is 0 Å². The topological polar surface area (TPSA) is 76.1 Å². The third-order valence-electron chi connectivity index (χ3n) is 3.85. The fraction of sp³-hybridized carbons (Fsp3) is 0.467. The molecule has 0 spiro atoms. The molecular weight excluding hydrogens is 274 g/mol. The van der Waals surface area contributed by atoms with Crippen LogP contribution >= 0.6 is 0 Å². The molecule has 1 aromatic carbocycles. The molecule has 114 valence electrons. The molecular formula is C15H19NO5. The number of likely N-dealkylation sites (tertiary alicyclic amines) is 1. The van der Waals surface area contributed by atoms with Crippen molar-refractivity contribution in [3.8, 4) is 11.5 Å². The highest BCUT2D eigenvalue weighted by atomic mass is 16.5. The average molecular weight is 293 g/mol. The van der Waals surface area contributed by atoms with Crippen molar-refractivity contribution in [1.82, 2.24) is 4.90 Å². The molecule has 1 N–H and O–H groups in total. The first-order chi connectivity index (χ1) is 10.0. The van der Waals surface area contributed by atoms with Crippen LogP contribution in [0, 0.1) is 5.92 Å². The highest BCUT2D eigenvalue weighted by molar-refractivity contribution is 5.87. The summed E-state index contributed by atoms with van der Waals surface area (Å²) in [5, 5.41) is 9.40. The van der Waals surface area contributed by atoms with E-state index in [0.717, 1.165) is 0 Å². The normalized spacial score (nSPS) is 21.5. The maximum atomic E-state index is 12.0. The lowest BCUT2D eigenvalue weighted by molar-refractivity contribution is -0.142. The highest BCUT2D eigenvalue weighted by Crippen LogP contribution is 2.42. The summed E-state index contributed by atoms with van der Waals surface area (Å²) in [5.74, 6) is -0.733. The van der Waals surface area contributed by atoms with Crippen molar-refractivity contribution in [2.24, 2.45) is 5.92 Å². The first-order valence-corrected chi connectivity index (χ1v) is 6.77. The number of aliphatic carboxylic acids is 1. The SMILES string of the molecule is CCN1C(=O)C[C@@H](C(=O)O)[C@H]1c1ccc(OC)cc1OC. The number of hydrogen-bond donors (Lipinski definition) is 1. The van der Waals surface area contributed by atoms with Gasteiger partial charge in [0.25, 0.3) is 0 Å². The van der Waals surface area contributed by atoms with Crippen LogP contribution in [0.1, 0.15) is 24.9 Å². The fourth-order valence-electron chi connectivity index (χ4n) is 2.83. The molecule has 21 heavy (non-hydrogen) atoms. The number of carbonyl (C=O) groups excluding carboxylic acids is 1. The Bertz CT molecular complexity index is 557. The summed E-state index contributed by atoms with van der Waals surface area (Å²) in [7, 11) is 3.06. The Balaban J connectivity index is 2.50. The largest absolute Gasteiger partial charge is 0.497 e. The van der Waals surface area contributed by atoms with Crippen molar-refractivity contribution in [1.29, 1.82) is 0 Å². The third-order valence-corrected chi connectivity index (χ3v) is 3.85. The number of rotatable bonds is 5. The summed E-state index contributed by atoms with van der Waals surface area (Å²) in [6, 6.07) is 4.69. The molecule has 0 bridgehead atoms. The Morgan fingerprint density at radius 3 is 2.62 bits per heavy atom. The molecule has 1 fully saturated rings. The number of carboxylic acids is 1. The van der Waals surface area contributed by atoms with E-state index in [1.807, 2.05) is 6.92 Å². The first-order valence-electron chi connectivity index (χ1n) is 6.77. The Morgan fingerprint density at radius 1 is 1.38 bits per heavy atom. The zero-order valence-electron chi connectivity index (χ0n) is 12.3. The van der Waals surface area contributed by atoms with Gasteiger partial charge >= 0.3 is 5.97 Å². The molecule has 0 unspecified atom stereocenters. The Labute approximate surface area is 123 Å². The maximum Gasteiger partial charge on any atom is 0.309 e. The molecule has 1 aliphatic heterocycles. The van der Waals surface area contributed by atoms with E-state index in [1.54, 1.807) is 30.2 Å². The van der Waals surface area contributed by atoms with Gasteiger partial charge in [-0.05, 0) is 19.1 Å². The number of carboxylic acid groups (broad SMARTS) is 1. The van der Waals surface area contributed by atoms with Crippen LogP contribution in [0.2, 0.25) is 0 Å². The molecule has 6 heteroatoms. The van der Waals surface area contributed by atoms with Crippen molar-refractivity contribution in [3.63, 3.8) is 0 Å². The zero-order chi connectivity index (χ0) is 15.6. The number of amides is 1. The van der Waals surface area contributed by atoms with E-state index in [-0.39, 0.29) is 12.3 Å². The van der Waals surface area contributed by atoms with Crippen LogP contribution in [0.4, 0.5) is 0 Å². The second-order valence-corrected chi connectivity index (χ2v) is 4.88. The lowest BCUT2D eigenvalue weighted by atomic mass is 9.93. The smallest absolute Gasteiger partial charge is 0.309 e. The summed E-state index contributed by atoms with van der Waals surface area (Å²) in [4.78, 5) is 25.1. The van der Waals surface area contributed by atoms with Gasteiger partial charge in [0.2, 0.25) is 5.91 Å². The maximum absolute atomic E-state index is 12.0. The highest BCUT2D eigenvalue weighted by Gasteiger charge is 2.45. The van der Waals surface area contributed by atoms with Gasteiger partial charge in [0.15, 0.2) is 0 Å². The van der Waals surface area contributed by atoms with Gasteiger partial charge in [-0.1, -0.05) is 0 Å². The predicted octanol–water partition coefficient (Wildman–Crippen LogP) is 1.70. The van der Waals surface area contributed by atoms with Gasteiger partial charge < -0.3 is 19.5 Å². The van der Waals surface area contributed by atoms with Gasteiger partial charge in [-0.3, -0.25) is 9.59 Å². The van der Waals surface area contributed by atoms with Crippen molar-refractivity contribution in [2.75, 3.05) is 20.8 Å². The van der Waals surface area contributed by atoms with Gasteiger partial charge in [0.1, 0.15) is 11.5 Å². The quantitative estimate of drug-likeness (QED) is 0.894. The van der Waals surface area contributed by atoms with Crippen LogP contribution in [0.3, 0.4) is 0 Å². The van der Waals surface area contributed by atoms with Gasteiger partial charge in [0, 0.05) is 24.6 Å². The standard InChI is InChI=1S/C15H19NO5/c1-4-16-13(17)8-11(15(18)19)14(16)10-6-5-9(20-2)7-12(10)21-3/h5-7,11,14H,4,8H2,1-3H3,(H,18,19)/t11-,14-/m1/s1. The minimum Gasteiger partial charge on any atom is -0.497 e. The molecule has 1 saturated heterocycles. The van der Waals surface area contributed by atoms with Crippen LogP contribution < -0.4 is 9.47 Å². The summed E-state index contributed by atoms with van der Waals surface area (Å²) < 4.78 is 10.5. The van der Waals surface area contributed by atoms with Gasteiger partial charge in [-0.2, -0.15) is 0 Å². The number of nitrogens with zero attached hydrogens (tertiary/aromatic N) is 1. The van der Waals surface area contributed by atoms with Gasteiger partial charge in [0.05, 0.1) is 26.2 Å². The number of methoxy groups -OCH3 is 2. The molecule has 2 rings (SSSR count). The van der Waals surface area contributed by atoms with E-state index in [4.69, 9.17) is 9.47 Å². The molecule has 1 amide bonds. The molecule has 0 saturated carbocycles. The number of hydrogen-bond acceptors (Lipinski definition) is 4. The molecule has 6 nitrogen and oxygen atoms in total. The van der Waals surface area contributed by atoms with Gasteiger partial charge in [-0.15, -0.1) is 0 Å². The zero-order valence-corrected chi connectivity index (χ0v) is 12.3. The van der Waals surface area contributed by atoms with Crippen molar-refractivity contribution >= 4 is 11.9 Å². The van der Waals surface area contributed by atoms with E-state index in [0.29, 0.717) is 23.6 Å². The van der Waals surface area contributed by atoms with E-state index < -0.39 is 17.9 Å². The van der Waals surface area contributed by atoms with Gasteiger partial charge in [-0.25, -0.2) is 0 Å². The Kier molecular flexibility index (Phi) is 4.35. The third kappa shape index (κ3) is 2.66. The second kappa shape index (κ2) is 6.03. The Morgan fingerprint density at radius 2 is 2.10 bits per heavy atom. The van der Waals surface area contributed by atoms with Crippen LogP contribution in [-0.4, -0.2) is 42.6 Å². The van der Waals surface area contributed by atoms with Crippen LogP contribution in [0.15, 0.2) is 18.2 Å². The van der Waals surface area contributed by atoms with E-state index in [1.165, 1.54) is 7.11 Å². The molecule has 0 radical (unpaired) electrons. The number of benzene rings is 1. The summed E-state index contributed by atoms with van der Waals surface area (Å²) >= 11 is 0. The summed E-state index contributed by atoms with van der Waals surface area (Å²) in [5.41, 5.74) is 0.693. The van der Waals surface area contributed by atoms with E-state index in [9.17, 15) is 14.7 Å². The molecule has 1 aliphatic rings. The molecule has 1 heterocycles. The fourth-order valence-corrected chi connectivity index (χ4v) is 2.83. The molecule has 1 aromatic rings. The van der Waals surface area contributed by atoms with E-state index in [2.05, 4.69) is 0 Å². The van der Waals surface area contributed by atoms with E-state index >= 15 is 0 Å². The van der Waals surface area contributed by atoms with Crippen molar-refractivity contribution < 1.29 is 24.2 Å². The lowest BCUT2D eigenvalue weighted by Gasteiger charge is -2.27. The average Bonchev–Trinajstić information content (AvgIpc) is 2.83. The monoisotopic (exact) mass is 293 g/mol.